The molecule has 1 heterocycles. The monoisotopic (exact) mass is 228 g/mol. The van der Waals surface area contributed by atoms with Crippen molar-refractivity contribution in [3.63, 3.8) is 0 Å². The third kappa shape index (κ3) is 1.97. The van der Waals surface area contributed by atoms with E-state index in [4.69, 9.17) is 5.21 Å². The number of aliphatic hydroxyl groups is 1. The molecule has 0 bridgehead atoms. The highest BCUT2D eigenvalue weighted by Gasteiger charge is 2.27. The molecule has 0 saturated heterocycles. The Labute approximate surface area is 90.7 Å². The van der Waals surface area contributed by atoms with Crippen LogP contribution < -0.4 is 10.8 Å². The molecule has 0 saturated carbocycles. The summed E-state index contributed by atoms with van der Waals surface area (Å²) in [6.07, 6.45) is 0.887. The van der Waals surface area contributed by atoms with Crippen molar-refractivity contribution < 1.29 is 15.1 Å². The number of aliphatic hydroxyl groups excluding tert-OH is 1. The topological polar surface area (TPSA) is 81.6 Å². The van der Waals surface area contributed by atoms with Gasteiger partial charge in [-0.1, -0.05) is 0 Å². The van der Waals surface area contributed by atoms with Gasteiger partial charge in [0, 0.05) is 4.88 Å². The number of urea groups is 1. The van der Waals surface area contributed by atoms with Gasteiger partial charge in [-0.3, -0.25) is 5.21 Å². The summed E-state index contributed by atoms with van der Waals surface area (Å²) in [6, 6.07) is 1.15. The Balaban J connectivity index is 2.17. The van der Waals surface area contributed by atoms with E-state index in [2.05, 4.69) is 5.32 Å². The molecule has 2 amide bonds. The zero-order valence-corrected chi connectivity index (χ0v) is 8.75. The van der Waals surface area contributed by atoms with Crippen molar-refractivity contribution in [2.45, 2.75) is 25.0 Å². The predicted octanol–water partition coefficient (Wildman–Crippen LogP) is 1.30. The quantitative estimate of drug-likeness (QED) is 0.432. The van der Waals surface area contributed by atoms with E-state index in [0.29, 0.717) is 12.8 Å². The van der Waals surface area contributed by atoms with E-state index in [0.717, 1.165) is 10.4 Å². The number of carbonyl (C=O) groups excluding carboxylic acids is 1. The molecule has 82 valence electrons. The van der Waals surface area contributed by atoms with Crippen molar-refractivity contribution >= 4 is 17.4 Å². The van der Waals surface area contributed by atoms with Crippen LogP contribution >= 0.6 is 11.3 Å². The molecule has 0 aliphatic heterocycles. The molecule has 1 aliphatic rings. The van der Waals surface area contributed by atoms with E-state index in [-0.39, 0.29) is 6.04 Å². The van der Waals surface area contributed by atoms with E-state index < -0.39 is 12.1 Å². The smallest absolute Gasteiger partial charge is 0.338 e. The fraction of sp³-hybridized carbons (Fsp3) is 0.444. The molecule has 0 unspecified atom stereocenters. The van der Waals surface area contributed by atoms with Gasteiger partial charge in [0.2, 0.25) is 0 Å². The van der Waals surface area contributed by atoms with Crippen molar-refractivity contribution in [2.24, 2.45) is 0 Å². The van der Waals surface area contributed by atoms with Gasteiger partial charge in [0.05, 0.1) is 12.1 Å². The second kappa shape index (κ2) is 4.18. The lowest BCUT2D eigenvalue weighted by molar-refractivity contribution is 0.141. The number of thiophene rings is 1. The van der Waals surface area contributed by atoms with Crippen LogP contribution in [-0.2, 0) is 0 Å². The highest BCUT2D eigenvalue weighted by molar-refractivity contribution is 7.10. The van der Waals surface area contributed by atoms with Crippen molar-refractivity contribution in [1.29, 1.82) is 0 Å². The van der Waals surface area contributed by atoms with Crippen LogP contribution in [0.25, 0.3) is 0 Å². The largest absolute Gasteiger partial charge is 0.388 e. The molecule has 0 fully saturated rings. The molecule has 0 radical (unpaired) electrons. The molecule has 6 heteroatoms. The number of fused-ring (bicyclic) bond motifs is 1. The van der Waals surface area contributed by atoms with E-state index in [9.17, 15) is 9.90 Å². The van der Waals surface area contributed by atoms with Crippen molar-refractivity contribution in [2.75, 3.05) is 0 Å². The third-order valence-corrected chi connectivity index (χ3v) is 3.57. The Morgan fingerprint density at radius 3 is 3.07 bits per heavy atom. The second-order valence-electron chi connectivity index (χ2n) is 3.47. The minimum atomic E-state index is -0.617. The Morgan fingerprint density at radius 2 is 2.33 bits per heavy atom. The number of hydroxylamine groups is 1. The van der Waals surface area contributed by atoms with Gasteiger partial charge in [0.15, 0.2) is 0 Å². The average Bonchev–Trinajstić information content (AvgIpc) is 2.71. The molecule has 0 aromatic carbocycles. The van der Waals surface area contributed by atoms with Crippen LogP contribution in [0.15, 0.2) is 11.4 Å². The van der Waals surface area contributed by atoms with Crippen LogP contribution in [0.5, 0.6) is 0 Å². The van der Waals surface area contributed by atoms with Gasteiger partial charge in [-0.15, -0.1) is 11.3 Å². The van der Waals surface area contributed by atoms with Gasteiger partial charge in [-0.05, 0) is 29.9 Å². The molecule has 4 N–H and O–H groups in total. The summed E-state index contributed by atoms with van der Waals surface area (Å²) in [7, 11) is 0. The van der Waals surface area contributed by atoms with E-state index in [1.165, 1.54) is 16.8 Å². The molecule has 2 rings (SSSR count). The van der Waals surface area contributed by atoms with Crippen molar-refractivity contribution in [1.82, 2.24) is 10.8 Å². The minimum absolute atomic E-state index is 0.123. The summed E-state index contributed by atoms with van der Waals surface area (Å²) in [5.41, 5.74) is 2.48. The Kier molecular flexibility index (Phi) is 2.90. The summed E-state index contributed by atoms with van der Waals surface area (Å²) in [5.74, 6) is 0. The van der Waals surface area contributed by atoms with Gasteiger partial charge in [-0.2, -0.15) is 0 Å². The fourth-order valence-electron chi connectivity index (χ4n) is 1.84. The Morgan fingerprint density at radius 1 is 1.53 bits per heavy atom. The maximum Gasteiger partial charge on any atom is 0.338 e. The van der Waals surface area contributed by atoms with E-state index >= 15 is 0 Å². The lowest BCUT2D eigenvalue weighted by Gasteiger charge is -2.26. The Bertz CT molecular complexity index is 366. The summed E-state index contributed by atoms with van der Waals surface area (Å²) in [4.78, 5) is 11.9. The molecular weight excluding hydrogens is 216 g/mol. The molecule has 15 heavy (non-hydrogen) atoms. The molecule has 1 aromatic rings. The first-order chi connectivity index (χ1) is 7.22. The van der Waals surface area contributed by atoms with Gasteiger partial charge >= 0.3 is 6.03 Å². The number of carbonyl (C=O) groups is 1. The summed E-state index contributed by atoms with van der Waals surface area (Å²) < 4.78 is 0. The number of nitrogens with one attached hydrogen (secondary N) is 2. The SMILES string of the molecule is O=C(NO)N[C@@H]1CC[C@@H](O)c2sccc21. The number of rotatable bonds is 1. The molecular formula is C9H12N2O3S. The Hall–Kier alpha value is -1.11. The van der Waals surface area contributed by atoms with Crippen LogP contribution in [0.4, 0.5) is 4.79 Å². The lowest BCUT2D eigenvalue weighted by atomic mass is 9.92. The molecule has 2 atom stereocenters. The third-order valence-electron chi connectivity index (χ3n) is 2.54. The predicted molar refractivity (Wildman–Crippen MR) is 54.7 cm³/mol. The first kappa shape index (κ1) is 10.4. The van der Waals surface area contributed by atoms with Gasteiger partial charge < -0.3 is 10.4 Å². The van der Waals surface area contributed by atoms with Crippen LogP contribution in [0.1, 0.15) is 35.4 Å². The van der Waals surface area contributed by atoms with Gasteiger partial charge in [0.1, 0.15) is 0 Å². The number of hydrogen-bond acceptors (Lipinski definition) is 4. The number of hydrogen-bond donors (Lipinski definition) is 4. The zero-order chi connectivity index (χ0) is 10.8. The first-order valence-corrected chi connectivity index (χ1v) is 5.56. The maximum absolute atomic E-state index is 11.0. The van der Waals surface area contributed by atoms with Crippen LogP contribution in [0.3, 0.4) is 0 Å². The van der Waals surface area contributed by atoms with Crippen LogP contribution in [0.2, 0.25) is 0 Å². The summed E-state index contributed by atoms with van der Waals surface area (Å²) >= 11 is 1.49. The molecule has 0 spiro atoms. The second-order valence-corrected chi connectivity index (χ2v) is 4.42. The first-order valence-electron chi connectivity index (χ1n) is 4.68. The summed E-state index contributed by atoms with van der Waals surface area (Å²) in [6.45, 7) is 0. The highest BCUT2D eigenvalue weighted by atomic mass is 32.1. The summed E-state index contributed by atoms with van der Waals surface area (Å²) in [5, 5.41) is 22.6. The highest BCUT2D eigenvalue weighted by Crippen LogP contribution is 2.39. The van der Waals surface area contributed by atoms with Crippen molar-refractivity contribution in [3.05, 3.63) is 21.9 Å². The fourth-order valence-corrected chi connectivity index (χ4v) is 2.82. The molecule has 1 aromatic heterocycles. The zero-order valence-electron chi connectivity index (χ0n) is 7.93. The lowest BCUT2D eigenvalue weighted by Crippen LogP contribution is -2.37. The van der Waals surface area contributed by atoms with Crippen molar-refractivity contribution in [3.8, 4) is 0 Å². The molecule has 1 aliphatic carbocycles. The van der Waals surface area contributed by atoms with Crippen LogP contribution in [-0.4, -0.2) is 16.3 Å². The molecule has 5 nitrogen and oxygen atoms in total. The van der Waals surface area contributed by atoms with E-state index in [1.54, 1.807) is 0 Å². The van der Waals surface area contributed by atoms with Gasteiger partial charge in [-0.25, -0.2) is 10.3 Å². The number of amides is 2. The minimum Gasteiger partial charge on any atom is -0.388 e. The van der Waals surface area contributed by atoms with Crippen LogP contribution in [0, 0.1) is 0 Å². The normalized spacial score (nSPS) is 24.4. The average molecular weight is 228 g/mol. The van der Waals surface area contributed by atoms with Gasteiger partial charge in [0.25, 0.3) is 0 Å². The maximum atomic E-state index is 11.0. The standard InChI is InChI=1S/C9H12N2O3S/c12-7-2-1-6(10-9(13)11-14)5-3-4-15-8(5)7/h3-4,6-7,12,14H,1-2H2,(H2,10,11,13)/t6-,7-/m1/s1. The van der Waals surface area contributed by atoms with E-state index in [1.807, 2.05) is 11.4 Å².